The van der Waals surface area contributed by atoms with Crippen molar-refractivity contribution in [1.82, 2.24) is 24.6 Å². The van der Waals surface area contributed by atoms with Gasteiger partial charge in [-0.25, -0.2) is 9.55 Å². The standard InChI is InChI=1S/C32H36N7O5P/c1-22(31(40)42-18-8-11-23-9-4-2-5-10-23)38-45(41,44-27-12-6-3-7-13-27)43-20-24-14-17-26(19-24)39-21-34-28-29(35-25-15-16-25)36-32(33)37-30(28)39/h2-7,9-10,12-14,17,20-22,25-26H,8,11,15-16,18-19H2,1H3,(H,38,41)(H3,33,35,36,37)/b24-20+/t22-,26-,45?/m0/s1. The number of allylic oxidation sites excluding steroid dienone is 3. The highest BCUT2D eigenvalue weighted by atomic mass is 31.2. The molecule has 4 aromatic rings. The number of aromatic nitrogens is 4. The average Bonchev–Trinajstić information content (AvgIpc) is 3.55. The molecule has 4 N–H and O–H groups in total. The summed E-state index contributed by atoms with van der Waals surface area (Å²) in [5, 5.41) is 6.11. The summed E-state index contributed by atoms with van der Waals surface area (Å²) in [4.78, 5) is 26.1. The molecule has 45 heavy (non-hydrogen) atoms. The number of aryl methyl sites for hydroxylation is 1. The first-order valence-electron chi connectivity index (χ1n) is 15.0. The Hall–Kier alpha value is -4.67. The van der Waals surface area contributed by atoms with E-state index in [-0.39, 0.29) is 18.6 Å². The lowest BCUT2D eigenvalue weighted by atomic mass is 10.1. The first-order valence-corrected chi connectivity index (χ1v) is 16.5. The van der Waals surface area contributed by atoms with Crippen LogP contribution in [0.25, 0.3) is 11.2 Å². The Bertz CT molecular complexity index is 1740. The highest BCUT2D eigenvalue weighted by Crippen LogP contribution is 2.46. The topological polar surface area (TPSA) is 156 Å². The predicted octanol–water partition coefficient (Wildman–Crippen LogP) is 5.73. The maximum atomic E-state index is 13.9. The van der Waals surface area contributed by atoms with E-state index in [1.807, 2.05) is 53.1 Å². The Morgan fingerprint density at radius 3 is 2.64 bits per heavy atom. The molecule has 0 aliphatic heterocycles. The number of esters is 1. The third-order valence-corrected chi connectivity index (χ3v) is 8.94. The fraction of sp³-hybridized carbons (Fsp3) is 0.312. The molecule has 0 spiro atoms. The van der Waals surface area contributed by atoms with Crippen molar-refractivity contribution in [2.24, 2.45) is 0 Å². The summed E-state index contributed by atoms with van der Waals surface area (Å²) in [6.45, 7) is 1.80. The van der Waals surface area contributed by atoms with E-state index < -0.39 is 19.8 Å². The minimum Gasteiger partial charge on any atom is -0.465 e. The van der Waals surface area contributed by atoms with E-state index in [2.05, 4.69) is 25.4 Å². The van der Waals surface area contributed by atoms with E-state index >= 15 is 0 Å². The largest absolute Gasteiger partial charge is 0.513 e. The Kier molecular flexibility index (Phi) is 9.13. The normalized spacial score (nSPS) is 18.9. The molecule has 0 amide bonds. The number of nitrogens with one attached hydrogen (secondary N) is 2. The van der Waals surface area contributed by atoms with E-state index in [9.17, 15) is 9.36 Å². The number of rotatable bonds is 14. The lowest BCUT2D eigenvalue weighted by molar-refractivity contribution is -0.145. The van der Waals surface area contributed by atoms with E-state index in [4.69, 9.17) is 19.5 Å². The molecule has 13 heteroatoms. The second-order valence-electron chi connectivity index (χ2n) is 11.1. The molecule has 2 aromatic carbocycles. The molecule has 1 saturated carbocycles. The van der Waals surface area contributed by atoms with Crippen LogP contribution in [0.4, 0.5) is 11.8 Å². The summed E-state index contributed by atoms with van der Waals surface area (Å²) < 4.78 is 32.9. The van der Waals surface area contributed by atoms with Crippen molar-refractivity contribution >= 4 is 36.6 Å². The maximum Gasteiger partial charge on any atom is 0.513 e. The van der Waals surface area contributed by atoms with Gasteiger partial charge in [-0.3, -0.25) is 4.79 Å². The maximum absolute atomic E-state index is 13.9. The summed E-state index contributed by atoms with van der Waals surface area (Å²) >= 11 is 0. The molecule has 2 heterocycles. The third-order valence-electron chi connectivity index (χ3n) is 7.41. The van der Waals surface area contributed by atoms with Gasteiger partial charge in [-0.05, 0) is 62.3 Å². The van der Waals surface area contributed by atoms with Gasteiger partial charge in [0.2, 0.25) is 5.95 Å². The predicted molar refractivity (Wildman–Crippen MR) is 171 cm³/mol. The van der Waals surface area contributed by atoms with Crippen molar-refractivity contribution in [3.63, 3.8) is 0 Å². The van der Waals surface area contributed by atoms with Gasteiger partial charge in [-0.2, -0.15) is 15.1 Å². The van der Waals surface area contributed by atoms with Gasteiger partial charge in [-0.15, -0.1) is 0 Å². The van der Waals surface area contributed by atoms with Gasteiger partial charge in [0.25, 0.3) is 0 Å². The Morgan fingerprint density at radius 2 is 1.89 bits per heavy atom. The van der Waals surface area contributed by atoms with E-state index in [1.54, 1.807) is 37.5 Å². The minimum absolute atomic E-state index is 0.125. The Balaban J connectivity index is 1.10. The number of para-hydroxylation sites is 1. The Labute approximate surface area is 261 Å². The zero-order chi connectivity index (χ0) is 31.2. The van der Waals surface area contributed by atoms with Crippen LogP contribution in [0, 0.1) is 0 Å². The molecule has 1 fully saturated rings. The number of nitrogens with zero attached hydrogens (tertiary/aromatic N) is 4. The highest BCUT2D eigenvalue weighted by molar-refractivity contribution is 7.52. The molecule has 2 aromatic heterocycles. The number of anilines is 2. The van der Waals surface area contributed by atoms with Crippen LogP contribution in [0.5, 0.6) is 5.75 Å². The zero-order valence-electron chi connectivity index (χ0n) is 24.9. The van der Waals surface area contributed by atoms with E-state index in [0.717, 1.165) is 24.8 Å². The molecular formula is C32H36N7O5P. The SMILES string of the molecule is C[C@H](NP(=O)(O/C=C1\C=C[C@H](n2cnc3c(NC4CC4)nc(N)nc32)C1)Oc1ccccc1)C(=O)OCCCc1ccccc1. The molecule has 6 rings (SSSR count). The fourth-order valence-corrected chi connectivity index (χ4v) is 6.34. The van der Waals surface area contributed by atoms with Crippen molar-refractivity contribution in [1.29, 1.82) is 0 Å². The second kappa shape index (κ2) is 13.5. The van der Waals surface area contributed by atoms with Gasteiger partial charge in [0, 0.05) is 6.04 Å². The first kappa shape index (κ1) is 30.4. The molecule has 1 unspecified atom stereocenters. The summed E-state index contributed by atoms with van der Waals surface area (Å²) in [5.41, 5.74) is 9.22. The lowest BCUT2D eigenvalue weighted by Gasteiger charge is -2.22. The number of imidazole rings is 1. The molecule has 234 valence electrons. The number of carbonyl (C=O) groups is 1. The lowest BCUT2D eigenvalue weighted by Crippen LogP contribution is -2.35. The van der Waals surface area contributed by atoms with E-state index in [1.165, 1.54) is 11.8 Å². The van der Waals surface area contributed by atoms with Crippen molar-refractivity contribution in [3.8, 4) is 5.75 Å². The summed E-state index contributed by atoms with van der Waals surface area (Å²) in [7, 11) is -4.06. The molecule has 2 aliphatic rings. The van der Waals surface area contributed by atoms with Gasteiger partial charge in [0.15, 0.2) is 17.0 Å². The smallest absolute Gasteiger partial charge is 0.465 e. The number of carbonyl (C=O) groups excluding carboxylic acids is 1. The van der Waals surface area contributed by atoms with Crippen LogP contribution in [0.15, 0.2) is 91.0 Å². The molecular weight excluding hydrogens is 593 g/mol. The molecule has 12 nitrogen and oxygen atoms in total. The number of hydrogen-bond donors (Lipinski definition) is 3. The van der Waals surface area contributed by atoms with Gasteiger partial charge >= 0.3 is 13.7 Å². The molecule has 0 radical (unpaired) electrons. The fourth-order valence-electron chi connectivity index (χ4n) is 4.93. The van der Waals surface area contributed by atoms with Gasteiger partial charge in [0.05, 0.1) is 25.2 Å². The highest BCUT2D eigenvalue weighted by Gasteiger charge is 2.33. The van der Waals surface area contributed by atoms with Crippen LogP contribution in [0.2, 0.25) is 0 Å². The van der Waals surface area contributed by atoms with Gasteiger partial charge in [0.1, 0.15) is 11.8 Å². The molecule has 0 bridgehead atoms. The first-order chi connectivity index (χ1) is 21.8. The van der Waals surface area contributed by atoms with Crippen LogP contribution in [-0.4, -0.2) is 44.2 Å². The average molecular weight is 630 g/mol. The summed E-state index contributed by atoms with van der Waals surface area (Å²) in [6, 6.07) is 17.9. The monoisotopic (exact) mass is 629 g/mol. The van der Waals surface area contributed by atoms with E-state index in [0.29, 0.717) is 41.6 Å². The van der Waals surface area contributed by atoms with Crippen molar-refractivity contribution < 1.29 is 23.1 Å². The number of nitrogen functional groups attached to an aromatic ring is 1. The van der Waals surface area contributed by atoms with Crippen LogP contribution in [-0.2, 0) is 25.0 Å². The summed E-state index contributed by atoms with van der Waals surface area (Å²) in [5.74, 6) is 0.574. The van der Waals surface area contributed by atoms with Crippen molar-refractivity contribution in [2.45, 2.75) is 57.2 Å². The van der Waals surface area contributed by atoms with Gasteiger partial charge < -0.3 is 29.4 Å². The molecule has 2 aliphatic carbocycles. The van der Waals surface area contributed by atoms with Crippen molar-refractivity contribution in [2.75, 3.05) is 17.7 Å². The van der Waals surface area contributed by atoms with Crippen molar-refractivity contribution in [3.05, 3.63) is 96.5 Å². The molecule has 3 atom stereocenters. The number of nitrogens with two attached hydrogens (primary N) is 1. The zero-order valence-corrected chi connectivity index (χ0v) is 25.8. The van der Waals surface area contributed by atoms with Crippen LogP contribution in [0.3, 0.4) is 0 Å². The van der Waals surface area contributed by atoms with Crippen LogP contribution in [0.1, 0.15) is 44.2 Å². The number of hydrogen-bond acceptors (Lipinski definition) is 10. The number of fused-ring (bicyclic) bond motifs is 1. The Morgan fingerprint density at radius 1 is 1.13 bits per heavy atom. The van der Waals surface area contributed by atoms with Gasteiger partial charge in [-0.1, -0.05) is 60.7 Å². The number of benzene rings is 2. The summed E-state index contributed by atoms with van der Waals surface area (Å²) in [6.07, 6.45) is 11.1. The second-order valence-corrected chi connectivity index (χ2v) is 12.8. The quantitative estimate of drug-likeness (QED) is 0.0678. The number of ether oxygens (including phenoxy) is 1. The molecule has 0 saturated heterocycles. The minimum atomic E-state index is -4.06. The third kappa shape index (κ3) is 7.89. The van der Waals surface area contributed by atoms with Crippen LogP contribution < -0.4 is 20.7 Å². The van der Waals surface area contributed by atoms with Crippen LogP contribution >= 0.6 is 7.75 Å².